The van der Waals surface area contributed by atoms with Crippen LogP contribution in [0.1, 0.15) is 394 Å². The summed E-state index contributed by atoms with van der Waals surface area (Å²) in [6, 6.07) is 0. The number of hydrogen-bond donors (Lipinski definition) is 3. The number of esters is 4. The Morgan fingerprint density at radius 3 is 0.723 bits per heavy atom. The number of hydrogen-bond acceptors (Lipinski definition) is 15. The Balaban J connectivity index is 5.14. The van der Waals surface area contributed by atoms with Gasteiger partial charge in [0.05, 0.1) is 26.4 Å². The van der Waals surface area contributed by atoms with Crippen molar-refractivity contribution in [2.24, 2.45) is 5.92 Å². The van der Waals surface area contributed by atoms with Crippen molar-refractivity contribution in [3.8, 4) is 0 Å². The first-order valence-electron chi connectivity index (χ1n) is 39.1. The van der Waals surface area contributed by atoms with Gasteiger partial charge in [0.25, 0.3) is 0 Å². The molecule has 0 saturated carbocycles. The third-order valence-electron chi connectivity index (χ3n) is 17.5. The van der Waals surface area contributed by atoms with E-state index in [4.69, 9.17) is 37.0 Å². The fourth-order valence-electron chi connectivity index (χ4n) is 11.5. The first-order valence-corrected chi connectivity index (χ1v) is 42.1. The van der Waals surface area contributed by atoms with Gasteiger partial charge in [-0.3, -0.25) is 37.3 Å². The lowest BCUT2D eigenvalue weighted by Gasteiger charge is -2.21. The summed E-state index contributed by atoms with van der Waals surface area (Å²) in [5, 5.41) is 10.6. The minimum atomic E-state index is -4.95. The second-order valence-corrected chi connectivity index (χ2v) is 30.4. The Morgan fingerprint density at radius 2 is 0.489 bits per heavy atom. The number of ether oxygens (including phenoxy) is 4. The molecule has 0 rings (SSSR count). The zero-order valence-corrected chi connectivity index (χ0v) is 62.9. The molecule has 0 aliphatic rings. The van der Waals surface area contributed by atoms with Crippen LogP contribution in [0.25, 0.3) is 0 Å². The highest BCUT2D eigenvalue weighted by molar-refractivity contribution is 7.47. The number of carbonyl (C=O) groups excluding carboxylic acids is 4. The molecule has 94 heavy (non-hydrogen) atoms. The summed E-state index contributed by atoms with van der Waals surface area (Å²) < 4.78 is 68.3. The van der Waals surface area contributed by atoms with Gasteiger partial charge in [0.15, 0.2) is 12.2 Å². The van der Waals surface area contributed by atoms with Crippen LogP contribution in [0.5, 0.6) is 0 Å². The molecule has 17 nitrogen and oxygen atoms in total. The van der Waals surface area contributed by atoms with Gasteiger partial charge in [-0.05, 0) is 31.6 Å². The average Bonchev–Trinajstić information content (AvgIpc) is 3.76. The molecule has 0 heterocycles. The molecule has 0 fully saturated rings. The van der Waals surface area contributed by atoms with Crippen LogP contribution in [0.15, 0.2) is 0 Å². The first-order chi connectivity index (χ1) is 45.5. The van der Waals surface area contributed by atoms with Gasteiger partial charge in [0.1, 0.15) is 19.3 Å². The van der Waals surface area contributed by atoms with Crippen molar-refractivity contribution in [2.45, 2.75) is 412 Å². The van der Waals surface area contributed by atoms with Crippen molar-refractivity contribution in [3.63, 3.8) is 0 Å². The van der Waals surface area contributed by atoms with Crippen LogP contribution in [-0.4, -0.2) is 96.7 Å². The van der Waals surface area contributed by atoms with Crippen molar-refractivity contribution in [1.82, 2.24) is 0 Å². The number of phosphoric ester groups is 2. The number of aliphatic hydroxyl groups excluding tert-OH is 1. The Hall–Kier alpha value is -1.94. The maximum absolute atomic E-state index is 13.1. The van der Waals surface area contributed by atoms with E-state index in [1.807, 2.05) is 0 Å². The normalized spacial score (nSPS) is 14.0. The molecule has 0 aliphatic heterocycles. The number of rotatable bonds is 75. The maximum atomic E-state index is 13.1. The van der Waals surface area contributed by atoms with Crippen molar-refractivity contribution >= 4 is 39.5 Å². The van der Waals surface area contributed by atoms with Gasteiger partial charge in [0, 0.05) is 25.7 Å². The van der Waals surface area contributed by atoms with Crippen LogP contribution in [-0.2, 0) is 65.4 Å². The van der Waals surface area contributed by atoms with Crippen LogP contribution >= 0.6 is 15.6 Å². The summed E-state index contributed by atoms with van der Waals surface area (Å²) >= 11 is 0. The lowest BCUT2D eigenvalue weighted by atomic mass is 10.0. The number of unbranched alkanes of at least 4 members (excludes halogenated alkanes) is 47. The molecule has 0 amide bonds. The highest BCUT2D eigenvalue weighted by atomic mass is 31.2. The Labute approximate surface area is 575 Å². The predicted molar refractivity (Wildman–Crippen MR) is 382 cm³/mol. The molecule has 558 valence electrons. The van der Waals surface area contributed by atoms with Crippen LogP contribution in [0.2, 0.25) is 0 Å². The highest BCUT2D eigenvalue weighted by Crippen LogP contribution is 2.45. The summed E-state index contributed by atoms with van der Waals surface area (Å²) in [4.78, 5) is 72.5. The number of aliphatic hydroxyl groups is 1. The molecule has 0 saturated heterocycles. The molecule has 0 aromatic carbocycles. The predicted octanol–water partition coefficient (Wildman–Crippen LogP) is 22.1. The summed E-state index contributed by atoms with van der Waals surface area (Å²) in [6.07, 6.45) is 57.4. The molecule has 0 aliphatic carbocycles. The average molecular weight is 1380 g/mol. The Morgan fingerprint density at radius 1 is 0.287 bits per heavy atom. The quantitative estimate of drug-likeness (QED) is 0.0222. The summed E-state index contributed by atoms with van der Waals surface area (Å²) in [6.45, 7) is 7.19. The maximum Gasteiger partial charge on any atom is 0.472 e. The second-order valence-electron chi connectivity index (χ2n) is 27.5. The number of carbonyl (C=O) groups is 4. The van der Waals surface area contributed by atoms with Gasteiger partial charge in [-0.15, -0.1) is 0 Å². The van der Waals surface area contributed by atoms with Crippen LogP contribution < -0.4 is 0 Å². The SMILES string of the molecule is CCCCCCCCCCCCCCCCCCCCCC(=O)O[C@H](COC(=O)CCCCCCCCCCCCCCCCCCC)COP(=O)(O)OC[C@@H](O)COP(=O)(O)OC[C@@H](COC(=O)CCCCCCC)OC(=O)CCCCCCCCCCCCC(C)C. The van der Waals surface area contributed by atoms with E-state index >= 15 is 0 Å². The molecule has 2 unspecified atom stereocenters. The summed E-state index contributed by atoms with van der Waals surface area (Å²) in [5.74, 6) is -1.37. The van der Waals surface area contributed by atoms with Crippen LogP contribution in [0, 0.1) is 5.92 Å². The zero-order valence-electron chi connectivity index (χ0n) is 61.1. The van der Waals surface area contributed by atoms with Gasteiger partial charge in [-0.25, -0.2) is 9.13 Å². The largest absolute Gasteiger partial charge is 0.472 e. The fourth-order valence-corrected chi connectivity index (χ4v) is 13.1. The molecule has 19 heteroatoms. The lowest BCUT2D eigenvalue weighted by Crippen LogP contribution is -2.30. The molecule has 0 aromatic rings. The first kappa shape index (κ1) is 92.1. The van der Waals surface area contributed by atoms with Crippen molar-refractivity contribution in [1.29, 1.82) is 0 Å². The minimum Gasteiger partial charge on any atom is -0.462 e. The molecule has 5 atom stereocenters. The van der Waals surface area contributed by atoms with Gasteiger partial charge in [-0.1, -0.05) is 343 Å². The van der Waals surface area contributed by atoms with Crippen molar-refractivity contribution in [3.05, 3.63) is 0 Å². The van der Waals surface area contributed by atoms with E-state index in [1.165, 1.54) is 212 Å². The van der Waals surface area contributed by atoms with Gasteiger partial charge in [-0.2, -0.15) is 0 Å². The van der Waals surface area contributed by atoms with Crippen LogP contribution in [0.3, 0.4) is 0 Å². The smallest absolute Gasteiger partial charge is 0.462 e. The molecular weight excluding hydrogens is 1230 g/mol. The van der Waals surface area contributed by atoms with E-state index in [-0.39, 0.29) is 25.7 Å². The Kier molecular flexibility index (Phi) is 66.8. The zero-order chi connectivity index (χ0) is 69.1. The van der Waals surface area contributed by atoms with E-state index < -0.39 is 97.5 Å². The second kappa shape index (κ2) is 68.2. The van der Waals surface area contributed by atoms with Crippen molar-refractivity contribution in [2.75, 3.05) is 39.6 Å². The monoisotopic (exact) mass is 1380 g/mol. The van der Waals surface area contributed by atoms with E-state index in [1.54, 1.807) is 0 Å². The van der Waals surface area contributed by atoms with E-state index in [0.29, 0.717) is 25.7 Å². The molecule has 0 spiro atoms. The lowest BCUT2D eigenvalue weighted by molar-refractivity contribution is -0.161. The van der Waals surface area contributed by atoms with Gasteiger partial charge in [0.2, 0.25) is 0 Å². The molecule has 0 radical (unpaired) electrons. The van der Waals surface area contributed by atoms with Gasteiger partial charge < -0.3 is 33.8 Å². The van der Waals surface area contributed by atoms with E-state index in [2.05, 4.69) is 34.6 Å². The highest BCUT2D eigenvalue weighted by Gasteiger charge is 2.30. The third-order valence-corrected chi connectivity index (χ3v) is 19.4. The topological polar surface area (TPSA) is 237 Å². The van der Waals surface area contributed by atoms with E-state index in [0.717, 1.165) is 102 Å². The van der Waals surface area contributed by atoms with Crippen LogP contribution in [0.4, 0.5) is 0 Å². The van der Waals surface area contributed by atoms with E-state index in [9.17, 15) is 43.2 Å². The minimum absolute atomic E-state index is 0.105. The fraction of sp³-hybridized carbons (Fsp3) is 0.947. The van der Waals surface area contributed by atoms with Gasteiger partial charge >= 0.3 is 39.5 Å². The molecule has 0 aromatic heterocycles. The van der Waals surface area contributed by atoms with Crippen molar-refractivity contribution < 1.29 is 80.2 Å². The summed E-state index contributed by atoms with van der Waals surface area (Å²) in [7, 11) is -9.90. The molecule has 0 bridgehead atoms. The Bertz CT molecular complexity index is 1810. The molecule has 3 N–H and O–H groups in total. The number of phosphoric acid groups is 2. The third kappa shape index (κ3) is 68.6. The summed E-state index contributed by atoms with van der Waals surface area (Å²) in [5.41, 5.74) is 0. The standard InChI is InChI=1S/C75H146O17P2/c1-6-9-12-15-17-19-21-23-25-27-28-30-32-34-36-41-45-50-55-60-75(80)92-71(65-86-73(78)59-54-49-44-40-35-33-31-29-26-24-22-20-18-16-13-10-7-2)67-90-94(83,84)88-63-69(76)62-87-93(81,82)89-66-70(64-85-72(77)58-53-47-14-11-8-3)91-74(79)61-56-51-46-42-38-37-39-43-48-52-57-68(4)5/h68-71,76H,6-67H2,1-5H3,(H,81,82)(H,83,84)/t69-,70+,71+/m0/s1. The molecular formula is C75H146O17P2.